The van der Waals surface area contributed by atoms with Crippen molar-refractivity contribution in [3.05, 3.63) is 100 Å². The molecule has 1 heterocycles. The standard InChI is InChI=1S/C24H17ClFN3O3/c1-14-9-11-16(12-10-14)28-22(30)15-5-4-6-17(13-15)27-21-20(25)23(31)29(24(21)32)19-8-3-2-7-18(19)26/h2-13,27H,1H3,(H,28,30). The normalized spacial score (nSPS) is 13.5. The highest BCUT2D eigenvalue weighted by Gasteiger charge is 2.40. The van der Waals surface area contributed by atoms with Gasteiger partial charge < -0.3 is 10.6 Å². The average molecular weight is 450 g/mol. The third kappa shape index (κ3) is 4.10. The molecule has 0 saturated carbocycles. The second-order valence-electron chi connectivity index (χ2n) is 7.11. The number of hydrogen-bond acceptors (Lipinski definition) is 4. The third-order valence-electron chi connectivity index (χ3n) is 4.82. The van der Waals surface area contributed by atoms with Crippen LogP contribution in [0, 0.1) is 12.7 Å². The Balaban J connectivity index is 1.55. The van der Waals surface area contributed by atoms with E-state index in [9.17, 15) is 18.8 Å². The lowest BCUT2D eigenvalue weighted by atomic mass is 10.1. The van der Waals surface area contributed by atoms with Gasteiger partial charge in [-0.05, 0) is 49.4 Å². The van der Waals surface area contributed by atoms with Crippen molar-refractivity contribution in [2.75, 3.05) is 15.5 Å². The summed E-state index contributed by atoms with van der Waals surface area (Å²) >= 11 is 6.10. The van der Waals surface area contributed by atoms with Crippen molar-refractivity contribution in [3.8, 4) is 0 Å². The van der Waals surface area contributed by atoms with Gasteiger partial charge in [-0.3, -0.25) is 14.4 Å². The van der Waals surface area contributed by atoms with Gasteiger partial charge in [-0.1, -0.05) is 47.5 Å². The van der Waals surface area contributed by atoms with Gasteiger partial charge in [0.15, 0.2) is 0 Å². The summed E-state index contributed by atoms with van der Waals surface area (Å²) in [7, 11) is 0. The fourth-order valence-corrected chi connectivity index (χ4v) is 3.40. The summed E-state index contributed by atoms with van der Waals surface area (Å²) in [5, 5.41) is 5.21. The molecule has 160 valence electrons. The van der Waals surface area contributed by atoms with Crippen LogP contribution in [-0.4, -0.2) is 17.7 Å². The molecular weight excluding hydrogens is 433 g/mol. The van der Waals surface area contributed by atoms with Crippen molar-refractivity contribution in [2.24, 2.45) is 0 Å². The van der Waals surface area contributed by atoms with Gasteiger partial charge >= 0.3 is 0 Å². The molecule has 8 heteroatoms. The van der Waals surface area contributed by atoms with Crippen LogP contribution >= 0.6 is 11.6 Å². The first-order chi connectivity index (χ1) is 15.3. The Morgan fingerprint density at radius 1 is 0.906 bits per heavy atom. The van der Waals surface area contributed by atoms with Crippen molar-refractivity contribution in [1.29, 1.82) is 0 Å². The molecule has 1 aliphatic heterocycles. The lowest BCUT2D eigenvalue weighted by Gasteiger charge is -2.15. The summed E-state index contributed by atoms with van der Waals surface area (Å²) in [5.41, 5.74) is 2.02. The van der Waals surface area contributed by atoms with Crippen LogP contribution in [0.4, 0.5) is 21.5 Å². The second kappa shape index (κ2) is 8.64. The first kappa shape index (κ1) is 21.3. The van der Waals surface area contributed by atoms with E-state index in [0.717, 1.165) is 11.6 Å². The van der Waals surface area contributed by atoms with E-state index in [0.29, 0.717) is 21.8 Å². The average Bonchev–Trinajstić information content (AvgIpc) is 2.99. The highest BCUT2D eigenvalue weighted by molar-refractivity contribution is 6.53. The fourth-order valence-electron chi connectivity index (χ4n) is 3.19. The van der Waals surface area contributed by atoms with Crippen LogP contribution in [0.25, 0.3) is 0 Å². The van der Waals surface area contributed by atoms with Crippen LogP contribution in [0.15, 0.2) is 83.5 Å². The molecule has 0 radical (unpaired) electrons. The monoisotopic (exact) mass is 449 g/mol. The molecule has 0 aromatic heterocycles. The van der Waals surface area contributed by atoms with Crippen LogP contribution in [0.3, 0.4) is 0 Å². The highest BCUT2D eigenvalue weighted by Crippen LogP contribution is 2.31. The molecule has 32 heavy (non-hydrogen) atoms. The molecule has 6 nitrogen and oxygen atoms in total. The first-order valence-electron chi connectivity index (χ1n) is 9.63. The molecule has 2 N–H and O–H groups in total. The van der Waals surface area contributed by atoms with E-state index in [1.807, 2.05) is 19.1 Å². The van der Waals surface area contributed by atoms with Gasteiger partial charge in [0.2, 0.25) is 0 Å². The molecule has 1 aliphatic rings. The Hall–Kier alpha value is -3.97. The Morgan fingerprint density at radius 2 is 1.62 bits per heavy atom. The highest BCUT2D eigenvalue weighted by atomic mass is 35.5. The van der Waals surface area contributed by atoms with Gasteiger partial charge in [-0.15, -0.1) is 0 Å². The minimum absolute atomic E-state index is 0.191. The van der Waals surface area contributed by atoms with Gasteiger partial charge in [0, 0.05) is 16.9 Å². The molecule has 0 spiro atoms. The summed E-state index contributed by atoms with van der Waals surface area (Å²) in [6.07, 6.45) is 0. The molecule has 0 atom stereocenters. The Bertz CT molecular complexity index is 1270. The quantitative estimate of drug-likeness (QED) is 0.547. The first-order valence-corrected chi connectivity index (χ1v) is 10.0. The van der Waals surface area contributed by atoms with Gasteiger partial charge in [0.25, 0.3) is 17.7 Å². The summed E-state index contributed by atoms with van der Waals surface area (Å²) in [6.45, 7) is 1.95. The van der Waals surface area contributed by atoms with E-state index in [1.54, 1.807) is 30.3 Å². The number of benzene rings is 3. The zero-order valence-electron chi connectivity index (χ0n) is 16.9. The van der Waals surface area contributed by atoms with Crippen LogP contribution < -0.4 is 15.5 Å². The number of anilines is 3. The minimum Gasteiger partial charge on any atom is -0.350 e. The molecule has 0 bridgehead atoms. The number of para-hydroxylation sites is 1. The van der Waals surface area contributed by atoms with Crippen LogP contribution in [0.1, 0.15) is 15.9 Å². The lowest BCUT2D eigenvalue weighted by molar-refractivity contribution is -0.120. The van der Waals surface area contributed by atoms with E-state index < -0.39 is 17.6 Å². The number of carbonyl (C=O) groups is 3. The fraction of sp³-hybridized carbons (Fsp3) is 0.0417. The summed E-state index contributed by atoms with van der Waals surface area (Å²) in [6, 6.07) is 19.1. The summed E-state index contributed by atoms with van der Waals surface area (Å²) in [5.74, 6) is -2.70. The maximum atomic E-state index is 14.1. The van der Waals surface area contributed by atoms with Gasteiger partial charge in [0.05, 0.1) is 5.69 Å². The smallest absolute Gasteiger partial charge is 0.283 e. The number of aryl methyl sites for hydroxylation is 1. The number of amides is 3. The molecule has 3 aromatic carbocycles. The molecule has 3 aromatic rings. The molecule has 0 unspecified atom stereocenters. The van der Waals surface area contributed by atoms with Crippen LogP contribution in [0.2, 0.25) is 0 Å². The number of halogens is 2. The molecule has 0 saturated heterocycles. The molecule has 3 amide bonds. The van der Waals surface area contributed by atoms with E-state index in [1.165, 1.54) is 24.3 Å². The number of imide groups is 1. The number of rotatable bonds is 5. The van der Waals surface area contributed by atoms with Gasteiger partial charge in [0.1, 0.15) is 16.5 Å². The maximum Gasteiger partial charge on any atom is 0.283 e. The zero-order valence-corrected chi connectivity index (χ0v) is 17.6. The third-order valence-corrected chi connectivity index (χ3v) is 5.17. The summed E-state index contributed by atoms with van der Waals surface area (Å²) < 4.78 is 14.1. The molecular formula is C24H17ClFN3O3. The predicted molar refractivity (Wildman–Crippen MR) is 121 cm³/mol. The number of carbonyl (C=O) groups excluding carboxylic acids is 3. The van der Waals surface area contributed by atoms with Crippen LogP contribution in [-0.2, 0) is 9.59 Å². The molecule has 0 aliphatic carbocycles. The van der Waals surface area contributed by atoms with E-state index in [4.69, 9.17) is 11.6 Å². The topological polar surface area (TPSA) is 78.5 Å². The van der Waals surface area contributed by atoms with Crippen molar-refractivity contribution >= 4 is 46.4 Å². The van der Waals surface area contributed by atoms with E-state index in [2.05, 4.69) is 10.6 Å². The van der Waals surface area contributed by atoms with Gasteiger partial charge in [-0.2, -0.15) is 0 Å². The Kier molecular flexibility index (Phi) is 5.75. The van der Waals surface area contributed by atoms with Crippen molar-refractivity contribution in [3.63, 3.8) is 0 Å². The van der Waals surface area contributed by atoms with Crippen molar-refractivity contribution in [1.82, 2.24) is 0 Å². The van der Waals surface area contributed by atoms with Crippen LogP contribution in [0.5, 0.6) is 0 Å². The molecule has 4 rings (SSSR count). The minimum atomic E-state index is -0.836. The lowest BCUT2D eigenvalue weighted by Crippen LogP contribution is -2.33. The summed E-state index contributed by atoms with van der Waals surface area (Å²) in [4.78, 5) is 38.6. The predicted octanol–water partition coefficient (Wildman–Crippen LogP) is 4.82. The number of nitrogens with zero attached hydrogens (tertiary/aromatic N) is 1. The zero-order chi connectivity index (χ0) is 22.8. The van der Waals surface area contributed by atoms with Crippen molar-refractivity contribution in [2.45, 2.75) is 6.92 Å². The number of hydrogen-bond donors (Lipinski definition) is 2. The largest absolute Gasteiger partial charge is 0.350 e. The van der Waals surface area contributed by atoms with E-state index in [-0.39, 0.29) is 22.3 Å². The second-order valence-corrected chi connectivity index (χ2v) is 7.49. The van der Waals surface area contributed by atoms with E-state index >= 15 is 0 Å². The molecule has 0 fully saturated rings. The van der Waals surface area contributed by atoms with Crippen molar-refractivity contribution < 1.29 is 18.8 Å². The van der Waals surface area contributed by atoms with Gasteiger partial charge in [-0.25, -0.2) is 9.29 Å². The Labute approximate surface area is 188 Å². The Morgan fingerprint density at radius 3 is 2.34 bits per heavy atom. The number of nitrogens with one attached hydrogen (secondary N) is 2. The SMILES string of the molecule is Cc1ccc(NC(=O)c2cccc(NC3=C(Cl)C(=O)N(c4ccccc4F)C3=O)c2)cc1. The maximum absolute atomic E-state index is 14.1.